The number of fused-ring (bicyclic) bond motifs is 2. The van der Waals surface area contributed by atoms with Crippen molar-refractivity contribution in [3.05, 3.63) is 39.9 Å². The fraction of sp³-hybridized carbons (Fsp3) is 0.562. The maximum absolute atomic E-state index is 12.3. The summed E-state index contributed by atoms with van der Waals surface area (Å²) in [6, 6.07) is 6.45. The van der Waals surface area contributed by atoms with E-state index in [4.69, 9.17) is 5.73 Å². The molecule has 3 rings (SSSR count). The number of nitrogens with one attached hydrogen (secondary N) is 1. The van der Waals surface area contributed by atoms with Gasteiger partial charge in [-0.25, -0.2) is 0 Å². The summed E-state index contributed by atoms with van der Waals surface area (Å²) in [7, 11) is 0. The van der Waals surface area contributed by atoms with E-state index in [9.17, 15) is 14.9 Å². The summed E-state index contributed by atoms with van der Waals surface area (Å²) >= 11 is 0. The zero-order chi connectivity index (χ0) is 15.7. The standard InChI is InChI=1S/C16H21N3O3/c17-15-12-4-3-11(9-12)14(15)16(20)18-8-7-10-1-5-13(6-2-10)19(21)22/h1-2,5-6,11-12,14-15H,3-4,7-9,17H2,(H,18,20). The van der Waals surface area contributed by atoms with Gasteiger partial charge in [0.15, 0.2) is 0 Å². The third kappa shape index (κ3) is 2.83. The number of nitro benzene ring substituents is 1. The molecule has 0 heterocycles. The van der Waals surface area contributed by atoms with Crippen molar-refractivity contribution in [3.63, 3.8) is 0 Å². The largest absolute Gasteiger partial charge is 0.355 e. The third-order valence-corrected chi connectivity index (χ3v) is 5.14. The van der Waals surface area contributed by atoms with Gasteiger partial charge >= 0.3 is 0 Å². The predicted octanol–water partition coefficient (Wildman–Crippen LogP) is 1.63. The molecule has 2 fully saturated rings. The van der Waals surface area contributed by atoms with E-state index >= 15 is 0 Å². The van der Waals surface area contributed by atoms with Gasteiger partial charge in [-0.3, -0.25) is 14.9 Å². The molecule has 0 aromatic heterocycles. The molecule has 2 bridgehead atoms. The van der Waals surface area contributed by atoms with E-state index in [1.807, 2.05) is 0 Å². The lowest BCUT2D eigenvalue weighted by atomic mass is 9.84. The van der Waals surface area contributed by atoms with Crippen molar-refractivity contribution in [1.82, 2.24) is 5.32 Å². The molecule has 2 aliphatic rings. The van der Waals surface area contributed by atoms with E-state index in [0.29, 0.717) is 24.8 Å². The maximum atomic E-state index is 12.3. The summed E-state index contributed by atoms with van der Waals surface area (Å²) < 4.78 is 0. The average molecular weight is 303 g/mol. The van der Waals surface area contributed by atoms with Crippen LogP contribution in [0.25, 0.3) is 0 Å². The number of carbonyl (C=O) groups excluding carboxylic acids is 1. The molecule has 2 saturated carbocycles. The zero-order valence-corrected chi connectivity index (χ0v) is 12.4. The Kier molecular flexibility index (Phi) is 4.11. The molecule has 0 spiro atoms. The van der Waals surface area contributed by atoms with Crippen LogP contribution in [0.3, 0.4) is 0 Å². The van der Waals surface area contributed by atoms with Gasteiger partial charge in [-0.15, -0.1) is 0 Å². The Hall–Kier alpha value is -1.95. The minimum absolute atomic E-state index is 0.0122. The quantitative estimate of drug-likeness (QED) is 0.638. The van der Waals surface area contributed by atoms with Crippen molar-refractivity contribution in [2.75, 3.05) is 6.54 Å². The number of non-ortho nitro benzene ring substituents is 1. The molecule has 3 N–H and O–H groups in total. The van der Waals surface area contributed by atoms with Gasteiger partial charge in [0.2, 0.25) is 5.91 Å². The molecule has 1 amide bonds. The average Bonchev–Trinajstić information content (AvgIpc) is 3.08. The van der Waals surface area contributed by atoms with E-state index in [1.165, 1.54) is 18.6 Å². The molecule has 6 nitrogen and oxygen atoms in total. The zero-order valence-electron chi connectivity index (χ0n) is 12.4. The Labute approximate surface area is 129 Å². The Bertz CT molecular complexity index is 571. The highest BCUT2D eigenvalue weighted by molar-refractivity contribution is 5.80. The second kappa shape index (κ2) is 6.04. The van der Waals surface area contributed by atoms with Gasteiger partial charge < -0.3 is 11.1 Å². The predicted molar refractivity (Wildman–Crippen MR) is 82.1 cm³/mol. The van der Waals surface area contributed by atoms with E-state index in [-0.39, 0.29) is 23.6 Å². The number of nitrogens with two attached hydrogens (primary N) is 1. The van der Waals surface area contributed by atoms with Gasteiger partial charge in [0.25, 0.3) is 5.69 Å². The smallest absolute Gasteiger partial charge is 0.269 e. The van der Waals surface area contributed by atoms with Crippen LogP contribution >= 0.6 is 0 Å². The van der Waals surface area contributed by atoms with Crippen LogP contribution in [0.15, 0.2) is 24.3 Å². The van der Waals surface area contributed by atoms with E-state index in [2.05, 4.69) is 5.32 Å². The van der Waals surface area contributed by atoms with Crippen LogP contribution in [0.5, 0.6) is 0 Å². The second-order valence-corrected chi connectivity index (χ2v) is 6.40. The highest BCUT2D eigenvalue weighted by atomic mass is 16.6. The Balaban J connectivity index is 1.48. The van der Waals surface area contributed by atoms with Gasteiger partial charge in [-0.1, -0.05) is 12.1 Å². The first kappa shape index (κ1) is 15.0. The molecule has 1 aromatic carbocycles. The summed E-state index contributed by atoms with van der Waals surface area (Å²) in [5.41, 5.74) is 7.23. The minimum atomic E-state index is -0.415. The number of nitrogens with zero attached hydrogens (tertiary/aromatic N) is 1. The van der Waals surface area contributed by atoms with Gasteiger partial charge in [-0.05, 0) is 43.1 Å². The van der Waals surface area contributed by atoms with E-state index < -0.39 is 4.92 Å². The van der Waals surface area contributed by atoms with Gasteiger partial charge in [0, 0.05) is 24.7 Å². The molecule has 4 unspecified atom stereocenters. The Morgan fingerprint density at radius 3 is 2.55 bits per heavy atom. The monoisotopic (exact) mass is 303 g/mol. The highest BCUT2D eigenvalue weighted by Crippen LogP contribution is 2.47. The van der Waals surface area contributed by atoms with Gasteiger partial charge in [0.05, 0.1) is 10.8 Å². The fourth-order valence-corrected chi connectivity index (χ4v) is 3.96. The summed E-state index contributed by atoms with van der Waals surface area (Å²) in [4.78, 5) is 22.5. The number of hydrogen-bond donors (Lipinski definition) is 2. The summed E-state index contributed by atoms with van der Waals surface area (Å²) in [6.45, 7) is 0.539. The first-order valence-corrected chi connectivity index (χ1v) is 7.83. The number of rotatable bonds is 5. The SMILES string of the molecule is NC1C2CCC(C2)C1C(=O)NCCc1ccc([N+](=O)[O-])cc1. The lowest BCUT2D eigenvalue weighted by Gasteiger charge is -2.27. The van der Waals surface area contributed by atoms with Crippen LogP contribution in [0.1, 0.15) is 24.8 Å². The van der Waals surface area contributed by atoms with E-state index in [1.54, 1.807) is 12.1 Å². The molecule has 0 aliphatic heterocycles. The summed E-state index contributed by atoms with van der Waals surface area (Å²) in [6.07, 6.45) is 4.05. The summed E-state index contributed by atoms with van der Waals surface area (Å²) in [5, 5.41) is 13.6. The number of hydrogen-bond acceptors (Lipinski definition) is 4. The number of carbonyl (C=O) groups is 1. The van der Waals surface area contributed by atoms with Gasteiger partial charge in [0.1, 0.15) is 0 Å². The lowest BCUT2D eigenvalue weighted by molar-refractivity contribution is -0.384. The van der Waals surface area contributed by atoms with Crippen molar-refractivity contribution >= 4 is 11.6 Å². The van der Waals surface area contributed by atoms with Crippen LogP contribution < -0.4 is 11.1 Å². The third-order valence-electron chi connectivity index (χ3n) is 5.14. The molecule has 118 valence electrons. The normalized spacial score (nSPS) is 29.5. The molecule has 0 radical (unpaired) electrons. The molecule has 6 heteroatoms. The first-order chi connectivity index (χ1) is 10.6. The molecule has 4 atom stereocenters. The molecule has 22 heavy (non-hydrogen) atoms. The molecule has 0 saturated heterocycles. The first-order valence-electron chi connectivity index (χ1n) is 7.83. The second-order valence-electron chi connectivity index (χ2n) is 6.40. The lowest BCUT2D eigenvalue weighted by Crippen LogP contribution is -2.45. The van der Waals surface area contributed by atoms with Crippen LogP contribution in [-0.2, 0) is 11.2 Å². The Morgan fingerprint density at radius 1 is 1.27 bits per heavy atom. The van der Waals surface area contributed by atoms with Crippen LogP contribution in [0.2, 0.25) is 0 Å². The number of amides is 1. The van der Waals surface area contributed by atoms with E-state index in [0.717, 1.165) is 18.4 Å². The molecular weight excluding hydrogens is 282 g/mol. The van der Waals surface area contributed by atoms with Crippen molar-refractivity contribution in [3.8, 4) is 0 Å². The van der Waals surface area contributed by atoms with Gasteiger partial charge in [-0.2, -0.15) is 0 Å². The van der Waals surface area contributed by atoms with Crippen molar-refractivity contribution in [2.45, 2.75) is 31.7 Å². The molecular formula is C16H21N3O3. The topological polar surface area (TPSA) is 98.3 Å². The number of nitro groups is 1. The van der Waals surface area contributed by atoms with Crippen molar-refractivity contribution in [1.29, 1.82) is 0 Å². The molecule has 2 aliphatic carbocycles. The maximum Gasteiger partial charge on any atom is 0.269 e. The highest BCUT2D eigenvalue weighted by Gasteiger charge is 2.48. The Morgan fingerprint density at radius 2 is 1.95 bits per heavy atom. The summed E-state index contributed by atoms with van der Waals surface area (Å²) in [5.74, 6) is 1.02. The van der Waals surface area contributed by atoms with Crippen molar-refractivity contribution < 1.29 is 9.72 Å². The minimum Gasteiger partial charge on any atom is -0.355 e. The van der Waals surface area contributed by atoms with Crippen LogP contribution in [-0.4, -0.2) is 23.4 Å². The van der Waals surface area contributed by atoms with Crippen LogP contribution in [0.4, 0.5) is 5.69 Å². The number of benzene rings is 1. The molecule has 1 aromatic rings. The van der Waals surface area contributed by atoms with Crippen LogP contribution in [0, 0.1) is 27.9 Å². The van der Waals surface area contributed by atoms with Crippen molar-refractivity contribution in [2.24, 2.45) is 23.5 Å². The fourth-order valence-electron chi connectivity index (χ4n) is 3.96.